The highest BCUT2D eigenvalue weighted by Gasteiger charge is 2.28. The second-order valence-electron chi connectivity index (χ2n) is 7.03. The van der Waals surface area contributed by atoms with Gasteiger partial charge in [0.25, 0.3) is 0 Å². The number of guanidine groups is 1. The second-order valence-corrected chi connectivity index (χ2v) is 8.31. The number of rotatable bonds is 7. The molecule has 0 aliphatic carbocycles. The smallest absolute Gasteiger partial charge is 0.191 e. The van der Waals surface area contributed by atoms with E-state index in [9.17, 15) is 0 Å². The zero-order valence-corrected chi connectivity index (χ0v) is 19.9. The number of aryl methyl sites for hydroxylation is 2. The summed E-state index contributed by atoms with van der Waals surface area (Å²) >= 11 is 1.79. The predicted molar refractivity (Wildman–Crippen MR) is 121 cm³/mol. The number of aliphatic imine (C=N–C) groups is 1. The van der Waals surface area contributed by atoms with Crippen LogP contribution in [-0.4, -0.2) is 67.3 Å². The summed E-state index contributed by atoms with van der Waals surface area (Å²) in [6.45, 7) is 16.9. The molecular weight excluding hydrogens is 461 g/mol. The number of thiazole rings is 1. The van der Waals surface area contributed by atoms with Gasteiger partial charge in [0.15, 0.2) is 5.96 Å². The lowest BCUT2D eigenvalue weighted by Crippen LogP contribution is -2.52. The van der Waals surface area contributed by atoms with Crippen LogP contribution in [0.4, 0.5) is 0 Å². The van der Waals surface area contributed by atoms with Gasteiger partial charge < -0.3 is 15.4 Å². The number of nitrogens with zero attached hydrogens (tertiary/aromatic N) is 3. The molecule has 1 saturated heterocycles. The van der Waals surface area contributed by atoms with Crippen LogP contribution in [0.15, 0.2) is 4.99 Å². The Morgan fingerprint density at radius 1 is 1.27 bits per heavy atom. The highest BCUT2D eigenvalue weighted by molar-refractivity contribution is 14.0. The second kappa shape index (κ2) is 11.4. The topological polar surface area (TPSA) is 61.8 Å². The minimum absolute atomic E-state index is 0. The molecule has 26 heavy (non-hydrogen) atoms. The first-order valence-electron chi connectivity index (χ1n) is 9.20. The van der Waals surface area contributed by atoms with Gasteiger partial charge in [0.1, 0.15) is 0 Å². The number of aromatic nitrogens is 1. The first-order chi connectivity index (χ1) is 11.9. The van der Waals surface area contributed by atoms with Crippen LogP contribution in [0.5, 0.6) is 0 Å². The van der Waals surface area contributed by atoms with Crippen molar-refractivity contribution in [1.29, 1.82) is 0 Å². The van der Waals surface area contributed by atoms with E-state index in [1.54, 1.807) is 11.3 Å². The lowest BCUT2D eigenvalue weighted by atomic mass is 10.0. The van der Waals surface area contributed by atoms with E-state index in [1.807, 2.05) is 0 Å². The third-order valence-corrected chi connectivity index (χ3v) is 5.61. The van der Waals surface area contributed by atoms with Crippen molar-refractivity contribution in [1.82, 2.24) is 20.5 Å². The Morgan fingerprint density at radius 3 is 2.54 bits per heavy atom. The highest BCUT2D eigenvalue weighted by atomic mass is 127. The summed E-state index contributed by atoms with van der Waals surface area (Å²) in [4.78, 5) is 13.1. The molecule has 1 aliphatic heterocycles. The molecule has 150 valence electrons. The fraction of sp³-hybridized carbons (Fsp3) is 0.778. The Balaban J connectivity index is 0.00000338. The molecular formula is C18H34IN5OS. The molecule has 2 heterocycles. The van der Waals surface area contributed by atoms with Crippen LogP contribution in [-0.2, 0) is 11.2 Å². The Kier molecular flexibility index (Phi) is 10.3. The van der Waals surface area contributed by atoms with Crippen molar-refractivity contribution >= 4 is 41.3 Å². The van der Waals surface area contributed by atoms with Crippen LogP contribution in [0.25, 0.3) is 0 Å². The van der Waals surface area contributed by atoms with Gasteiger partial charge in [0.05, 0.1) is 30.5 Å². The van der Waals surface area contributed by atoms with Crippen molar-refractivity contribution < 1.29 is 4.74 Å². The Bertz CT molecular complexity index is 570. The monoisotopic (exact) mass is 495 g/mol. The van der Waals surface area contributed by atoms with Crippen molar-refractivity contribution in [3.05, 3.63) is 15.6 Å². The van der Waals surface area contributed by atoms with E-state index in [2.05, 4.69) is 55.1 Å². The molecule has 0 aromatic carbocycles. The molecule has 2 N–H and O–H groups in total. The summed E-state index contributed by atoms with van der Waals surface area (Å²) in [7, 11) is 0. The molecule has 8 heteroatoms. The highest BCUT2D eigenvalue weighted by Crippen LogP contribution is 2.17. The standard InChI is InChI=1S/C18H33N5OS.HI/c1-6-19-17(20-8-7-16-14(2)22-15(3)25-16)21-13-18(4,5)23-9-11-24-12-10-23;/h6-13H2,1-5H3,(H2,19,20,21);1H. The summed E-state index contributed by atoms with van der Waals surface area (Å²) in [6, 6.07) is 0. The van der Waals surface area contributed by atoms with Gasteiger partial charge in [0.2, 0.25) is 0 Å². The van der Waals surface area contributed by atoms with Gasteiger partial charge in [0, 0.05) is 43.0 Å². The van der Waals surface area contributed by atoms with Crippen molar-refractivity contribution in [2.24, 2.45) is 4.99 Å². The van der Waals surface area contributed by atoms with Gasteiger partial charge in [-0.2, -0.15) is 0 Å². The minimum atomic E-state index is 0. The number of hydrogen-bond acceptors (Lipinski definition) is 5. The molecule has 0 unspecified atom stereocenters. The van der Waals surface area contributed by atoms with Crippen molar-refractivity contribution in [3.8, 4) is 0 Å². The van der Waals surface area contributed by atoms with Crippen LogP contribution < -0.4 is 10.6 Å². The van der Waals surface area contributed by atoms with E-state index in [0.29, 0.717) is 0 Å². The average molecular weight is 495 g/mol. The normalized spacial score (nSPS) is 16.3. The number of halogens is 1. The molecule has 6 nitrogen and oxygen atoms in total. The van der Waals surface area contributed by atoms with Crippen molar-refractivity contribution in [3.63, 3.8) is 0 Å². The third-order valence-electron chi connectivity index (χ3n) is 4.48. The molecule has 1 fully saturated rings. The number of morpholine rings is 1. The molecule has 0 atom stereocenters. The first-order valence-corrected chi connectivity index (χ1v) is 10.0. The lowest BCUT2D eigenvalue weighted by molar-refractivity contribution is -0.00683. The largest absolute Gasteiger partial charge is 0.379 e. The molecule has 1 aliphatic rings. The average Bonchev–Trinajstić information content (AvgIpc) is 2.91. The van der Waals surface area contributed by atoms with Crippen molar-refractivity contribution in [2.75, 3.05) is 45.9 Å². The van der Waals surface area contributed by atoms with Gasteiger partial charge in [-0.05, 0) is 34.6 Å². The summed E-state index contributed by atoms with van der Waals surface area (Å²) in [5.74, 6) is 0.891. The van der Waals surface area contributed by atoms with E-state index < -0.39 is 0 Å². The molecule has 0 saturated carbocycles. The van der Waals surface area contributed by atoms with Crippen LogP contribution in [0.3, 0.4) is 0 Å². The van der Waals surface area contributed by atoms with Gasteiger partial charge in [-0.3, -0.25) is 9.89 Å². The van der Waals surface area contributed by atoms with Crippen LogP contribution >= 0.6 is 35.3 Å². The molecule has 1 aromatic heterocycles. The number of ether oxygens (including phenoxy) is 1. The summed E-state index contributed by atoms with van der Waals surface area (Å²) in [5, 5.41) is 7.94. The quantitative estimate of drug-likeness (QED) is 0.346. The SMILES string of the molecule is CCNC(=NCC(C)(C)N1CCOCC1)NCCc1sc(C)nc1C.I. The number of nitrogens with one attached hydrogen (secondary N) is 2. The lowest BCUT2D eigenvalue weighted by Gasteiger charge is -2.39. The maximum Gasteiger partial charge on any atom is 0.191 e. The van der Waals surface area contributed by atoms with Crippen LogP contribution in [0.2, 0.25) is 0 Å². The van der Waals surface area contributed by atoms with E-state index in [1.165, 1.54) is 4.88 Å². The maximum absolute atomic E-state index is 5.46. The molecule has 0 radical (unpaired) electrons. The van der Waals surface area contributed by atoms with E-state index >= 15 is 0 Å². The van der Waals surface area contributed by atoms with Gasteiger partial charge in [-0.1, -0.05) is 0 Å². The molecule has 0 amide bonds. The fourth-order valence-corrected chi connectivity index (χ4v) is 3.92. The Labute approximate surface area is 179 Å². The maximum atomic E-state index is 5.46. The summed E-state index contributed by atoms with van der Waals surface area (Å²) < 4.78 is 5.46. The van der Waals surface area contributed by atoms with Gasteiger partial charge >= 0.3 is 0 Å². The summed E-state index contributed by atoms with van der Waals surface area (Å²) in [5.41, 5.74) is 1.19. The molecule has 0 bridgehead atoms. The molecule has 1 aromatic rings. The molecule has 2 rings (SSSR count). The minimum Gasteiger partial charge on any atom is -0.379 e. The Morgan fingerprint density at radius 2 is 1.96 bits per heavy atom. The molecule has 0 spiro atoms. The Hall–Kier alpha value is -0.450. The fourth-order valence-electron chi connectivity index (χ4n) is 2.98. The van der Waals surface area contributed by atoms with Crippen molar-refractivity contribution in [2.45, 2.75) is 46.6 Å². The van der Waals surface area contributed by atoms with E-state index in [-0.39, 0.29) is 29.5 Å². The zero-order valence-electron chi connectivity index (χ0n) is 16.7. The summed E-state index contributed by atoms with van der Waals surface area (Å²) in [6.07, 6.45) is 0.981. The van der Waals surface area contributed by atoms with Gasteiger partial charge in [-0.15, -0.1) is 35.3 Å². The van der Waals surface area contributed by atoms with Gasteiger partial charge in [-0.25, -0.2) is 4.98 Å². The van der Waals surface area contributed by atoms with E-state index in [4.69, 9.17) is 9.73 Å². The van der Waals surface area contributed by atoms with E-state index in [0.717, 1.165) is 69.0 Å². The van der Waals surface area contributed by atoms with Crippen LogP contribution in [0.1, 0.15) is 36.3 Å². The number of hydrogen-bond donors (Lipinski definition) is 2. The predicted octanol–water partition coefficient (Wildman–Crippen LogP) is 2.59. The van der Waals surface area contributed by atoms with Crippen LogP contribution in [0, 0.1) is 13.8 Å². The zero-order chi connectivity index (χ0) is 18.3. The third kappa shape index (κ3) is 7.28. The first kappa shape index (κ1) is 23.6.